The Kier molecular flexibility index (Phi) is 6.54. The lowest BCUT2D eigenvalue weighted by atomic mass is 10.0. The van der Waals surface area contributed by atoms with Crippen molar-refractivity contribution >= 4 is 23.5 Å². The van der Waals surface area contributed by atoms with Crippen LogP contribution in [0, 0.1) is 0 Å². The van der Waals surface area contributed by atoms with E-state index in [2.05, 4.69) is 53.4 Å². The predicted octanol–water partition coefficient (Wildman–Crippen LogP) is 8.15. The molecule has 0 aromatic heterocycles. The van der Waals surface area contributed by atoms with Gasteiger partial charge in [0.05, 0.1) is 0 Å². The molecule has 35 heavy (non-hydrogen) atoms. The lowest BCUT2D eigenvalue weighted by molar-refractivity contribution is -0.120. The number of carbonyl (C=O) groups is 1. The van der Waals surface area contributed by atoms with Gasteiger partial charge in [0.1, 0.15) is 17.2 Å². The molecular formula is C31H23NO3. The predicted molar refractivity (Wildman–Crippen MR) is 140 cm³/mol. The maximum absolute atomic E-state index is 10.5. The molecule has 0 bridgehead atoms. The minimum atomic E-state index is 0.433. The number of carbonyl (C=O) groups excluding carboxylic acids is 1. The lowest BCUT2D eigenvalue weighted by Crippen LogP contribution is -2.09. The normalized spacial score (nSPS) is 10.4. The third kappa shape index (κ3) is 5.23. The van der Waals surface area contributed by atoms with Crippen molar-refractivity contribution in [1.29, 1.82) is 0 Å². The van der Waals surface area contributed by atoms with E-state index >= 15 is 0 Å². The third-order valence-corrected chi connectivity index (χ3v) is 5.59. The number of rotatable bonds is 8. The molecular weight excluding hydrogens is 434 g/mol. The highest BCUT2D eigenvalue weighted by Crippen LogP contribution is 2.36. The molecule has 0 saturated carbocycles. The molecule has 0 amide bonds. The maximum atomic E-state index is 10.5. The molecule has 5 aromatic rings. The number of benzene rings is 5. The fraction of sp³-hybridized carbons (Fsp3) is 0. The number of hydrogen-bond donors (Lipinski definition) is 0. The fourth-order valence-corrected chi connectivity index (χ4v) is 3.90. The van der Waals surface area contributed by atoms with Crippen molar-refractivity contribution in [3.8, 4) is 28.4 Å². The van der Waals surface area contributed by atoms with E-state index in [1.807, 2.05) is 72.8 Å². The topological polar surface area (TPSA) is 38.8 Å². The molecule has 4 heteroatoms. The Morgan fingerprint density at radius 3 is 1.46 bits per heavy atom. The van der Waals surface area contributed by atoms with Crippen LogP contribution in [0.15, 0.2) is 133 Å². The van der Waals surface area contributed by atoms with Gasteiger partial charge in [0, 0.05) is 17.1 Å². The largest absolute Gasteiger partial charge is 0.457 e. The first-order valence-electron chi connectivity index (χ1n) is 11.3. The number of anilines is 3. The van der Waals surface area contributed by atoms with Crippen molar-refractivity contribution in [3.05, 3.63) is 133 Å². The summed E-state index contributed by atoms with van der Waals surface area (Å²) in [5.41, 5.74) is 5.25. The number of nitrogens with zero attached hydrogens (tertiary/aromatic N) is 1. The summed E-state index contributed by atoms with van der Waals surface area (Å²) >= 11 is 0. The average Bonchev–Trinajstić information content (AvgIpc) is 2.92. The summed E-state index contributed by atoms with van der Waals surface area (Å²) in [5, 5.41) is 0. The molecule has 0 atom stereocenters. The van der Waals surface area contributed by atoms with E-state index in [0.717, 1.165) is 39.7 Å². The average molecular weight is 458 g/mol. The minimum Gasteiger partial charge on any atom is -0.457 e. The third-order valence-electron chi connectivity index (χ3n) is 5.59. The second-order valence-electron chi connectivity index (χ2n) is 7.87. The zero-order chi connectivity index (χ0) is 23.9. The van der Waals surface area contributed by atoms with E-state index in [4.69, 9.17) is 9.47 Å². The van der Waals surface area contributed by atoms with Gasteiger partial charge in [-0.05, 0) is 83.9 Å². The van der Waals surface area contributed by atoms with Crippen LogP contribution in [-0.2, 0) is 4.79 Å². The van der Waals surface area contributed by atoms with Gasteiger partial charge in [-0.25, -0.2) is 0 Å². The van der Waals surface area contributed by atoms with Gasteiger partial charge in [0.2, 0.25) is 0 Å². The van der Waals surface area contributed by atoms with E-state index in [0.29, 0.717) is 12.2 Å². The Morgan fingerprint density at radius 1 is 0.457 bits per heavy atom. The van der Waals surface area contributed by atoms with Gasteiger partial charge >= 0.3 is 0 Å². The summed E-state index contributed by atoms with van der Waals surface area (Å²) in [4.78, 5) is 12.7. The van der Waals surface area contributed by atoms with Gasteiger partial charge in [-0.2, -0.15) is 0 Å². The van der Waals surface area contributed by atoms with Crippen molar-refractivity contribution in [2.24, 2.45) is 0 Å². The highest BCUT2D eigenvalue weighted by molar-refractivity contribution is 5.78. The second-order valence-corrected chi connectivity index (χ2v) is 7.87. The Bertz CT molecular complexity index is 1370. The van der Waals surface area contributed by atoms with E-state index in [9.17, 15) is 4.79 Å². The highest BCUT2D eigenvalue weighted by atomic mass is 16.5. The lowest BCUT2D eigenvalue weighted by Gasteiger charge is -2.25. The first-order valence-corrected chi connectivity index (χ1v) is 11.3. The van der Waals surface area contributed by atoms with Crippen molar-refractivity contribution in [2.45, 2.75) is 0 Å². The van der Waals surface area contributed by atoms with E-state index in [1.165, 1.54) is 0 Å². The summed E-state index contributed by atoms with van der Waals surface area (Å²) in [6, 6.07) is 43.9. The molecule has 0 aliphatic heterocycles. The quantitative estimate of drug-likeness (QED) is 0.220. The van der Waals surface area contributed by atoms with Crippen LogP contribution in [0.3, 0.4) is 0 Å². The van der Waals surface area contributed by atoms with Crippen LogP contribution >= 0.6 is 0 Å². The van der Waals surface area contributed by atoms with Gasteiger partial charge in [0.25, 0.3) is 6.47 Å². The molecule has 0 heterocycles. The first kappa shape index (κ1) is 22.0. The Balaban J connectivity index is 1.43. The molecule has 0 aliphatic carbocycles. The summed E-state index contributed by atoms with van der Waals surface area (Å²) in [6.07, 6.45) is 0. The molecule has 0 N–H and O–H groups in total. The molecule has 0 spiro atoms. The Labute approximate surface area is 204 Å². The van der Waals surface area contributed by atoms with E-state index in [-0.39, 0.29) is 0 Å². The van der Waals surface area contributed by atoms with Crippen LogP contribution in [0.1, 0.15) is 0 Å². The first-order chi connectivity index (χ1) is 17.3. The standard InChI is InChI=1S/C31H23NO3/c33-23-34-29-19-13-25(14-20-29)24-11-15-27(16-12-24)32(26-7-3-1-4-8-26)28-17-21-31(22-18-28)35-30-9-5-2-6-10-30/h1-23H. The number of hydrogen-bond acceptors (Lipinski definition) is 4. The Morgan fingerprint density at radius 2 is 0.886 bits per heavy atom. The van der Waals surface area contributed by atoms with Crippen LogP contribution in [0.2, 0.25) is 0 Å². The van der Waals surface area contributed by atoms with E-state index in [1.54, 1.807) is 12.1 Å². The van der Waals surface area contributed by atoms with Crippen molar-refractivity contribution < 1.29 is 14.3 Å². The molecule has 0 unspecified atom stereocenters. The molecule has 5 aromatic carbocycles. The van der Waals surface area contributed by atoms with Crippen LogP contribution in [0.5, 0.6) is 17.2 Å². The van der Waals surface area contributed by atoms with Crippen molar-refractivity contribution in [2.75, 3.05) is 4.90 Å². The van der Waals surface area contributed by atoms with Crippen LogP contribution in [0.25, 0.3) is 11.1 Å². The van der Waals surface area contributed by atoms with Crippen LogP contribution in [0.4, 0.5) is 17.1 Å². The molecule has 0 fully saturated rings. The van der Waals surface area contributed by atoms with Gasteiger partial charge in [0.15, 0.2) is 0 Å². The molecule has 0 radical (unpaired) electrons. The molecule has 170 valence electrons. The zero-order valence-corrected chi connectivity index (χ0v) is 19.0. The number of ether oxygens (including phenoxy) is 2. The Hall–Kier alpha value is -4.83. The fourth-order valence-electron chi connectivity index (χ4n) is 3.90. The van der Waals surface area contributed by atoms with Gasteiger partial charge in [-0.3, -0.25) is 4.79 Å². The highest BCUT2D eigenvalue weighted by Gasteiger charge is 2.13. The van der Waals surface area contributed by atoms with Gasteiger partial charge in [-0.15, -0.1) is 0 Å². The molecule has 0 aliphatic rings. The maximum Gasteiger partial charge on any atom is 0.298 e. The van der Waals surface area contributed by atoms with Crippen LogP contribution < -0.4 is 14.4 Å². The summed E-state index contributed by atoms with van der Waals surface area (Å²) in [6.45, 7) is 0.433. The SMILES string of the molecule is O=COc1ccc(-c2ccc(N(c3ccccc3)c3ccc(Oc4ccccc4)cc3)cc2)cc1. The molecule has 4 nitrogen and oxygen atoms in total. The monoisotopic (exact) mass is 457 g/mol. The zero-order valence-electron chi connectivity index (χ0n) is 19.0. The van der Waals surface area contributed by atoms with Crippen LogP contribution in [-0.4, -0.2) is 6.47 Å². The number of para-hydroxylation sites is 2. The molecule has 5 rings (SSSR count). The minimum absolute atomic E-state index is 0.433. The van der Waals surface area contributed by atoms with Gasteiger partial charge < -0.3 is 14.4 Å². The smallest absolute Gasteiger partial charge is 0.298 e. The van der Waals surface area contributed by atoms with Gasteiger partial charge in [-0.1, -0.05) is 60.7 Å². The van der Waals surface area contributed by atoms with E-state index < -0.39 is 0 Å². The van der Waals surface area contributed by atoms with Crippen molar-refractivity contribution in [3.63, 3.8) is 0 Å². The summed E-state index contributed by atoms with van der Waals surface area (Å²) in [5.74, 6) is 2.11. The summed E-state index contributed by atoms with van der Waals surface area (Å²) in [7, 11) is 0. The van der Waals surface area contributed by atoms with Crippen molar-refractivity contribution in [1.82, 2.24) is 0 Å². The molecule has 0 saturated heterocycles. The summed E-state index contributed by atoms with van der Waals surface area (Å²) < 4.78 is 10.9. The second kappa shape index (κ2) is 10.4.